The molecule has 2 aromatic carbocycles. The molecule has 0 saturated heterocycles. The summed E-state index contributed by atoms with van der Waals surface area (Å²) in [5.41, 5.74) is 5.88. The number of hydrogen-bond acceptors (Lipinski definition) is 1. The highest BCUT2D eigenvalue weighted by atomic mass is 35.5. The molecule has 2 heteroatoms. The molecule has 2 aromatic rings. The van der Waals surface area contributed by atoms with Crippen LogP contribution in [-0.2, 0) is 6.42 Å². The summed E-state index contributed by atoms with van der Waals surface area (Å²) in [6, 6.07) is 12.6. The maximum atomic E-state index is 6.71. The predicted molar refractivity (Wildman–Crippen MR) is 86.0 cm³/mol. The van der Waals surface area contributed by atoms with E-state index in [4.69, 9.17) is 16.3 Å². The van der Waals surface area contributed by atoms with Crippen molar-refractivity contribution in [3.8, 4) is 5.75 Å². The molecule has 0 heterocycles. The minimum atomic E-state index is -0.116. The van der Waals surface area contributed by atoms with E-state index in [0.29, 0.717) is 0 Å². The maximum absolute atomic E-state index is 6.71. The minimum absolute atomic E-state index is 0.116. The van der Waals surface area contributed by atoms with Gasteiger partial charge in [0.25, 0.3) is 0 Å². The number of methoxy groups -OCH3 is 1. The van der Waals surface area contributed by atoms with Gasteiger partial charge >= 0.3 is 0 Å². The lowest BCUT2D eigenvalue weighted by Crippen LogP contribution is -2.01. The average Bonchev–Trinajstić information content (AvgIpc) is 2.46. The van der Waals surface area contributed by atoms with Gasteiger partial charge in [0.15, 0.2) is 0 Å². The monoisotopic (exact) mass is 288 g/mol. The summed E-state index contributed by atoms with van der Waals surface area (Å²) in [6.07, 6.45) is 0.994. The van der Waals surface area contributed by atoms with E-state index in [1.54, 1.807) is 7.11 Å². The number of halogens is 1. The number of aryl methyl sites for hydroxylation is 3. The summed E-state index contributed by atoms with van der Waals surface area (Å²) in [5, 5.41) is -0.116. The SMILES string of the molecule is CCc1ccccc1C(Cl)c1cc(C)c(OC)c(C)c1. The highest BCUT2D eigenvalue weighted by Gasteiger charge is 2.16. The largest absolute Gasteiger partial charge is 0.496 e. The summed E-state index contributed by atoms with van der Waals surface area (Å²) in [4.78, 5) is 0. The lowest BCUT2D eigenvalue weighted by atomic mass is 9.95. The van der Waals surface area contributed by atoms with Gasteiger partial charge in [0.05, 0.1) is 12.5 Å². The molecule has 1 atom stereocenters. The fourth-order valence-corrected chi connectivity index (χ4v) is 3.07. The molecule has 0 amide bonds. The van der Waals surface area contributed by atoms with Gasteiger partial charge in [0, 0.05) is 0 Å². The van der Waals surface area contributed by atoms with Gasteiger partial charge in [0.1, 0.15) is 5.75 Å². The third-order valence-electron chi connectivity index (χ3n) is 3.69. The summed E-state index contributed by atoms with van der Waals surface area (Å²) in [5.74, 6) is 0.946. The molecule has 0 spiro atoms. The zero-order chi connectivity index (χ0) is 14.7. The Balaban J connectivity index is 2.46. The van der Waals surface area contributed by atoms with Crippen LogP contribution in [0.25, 0.3) is 0 Å². The van der Waals surface area contributed by atoms with Crippen molar-refractivity contribution in [1.29, 1.82) is 0 Å². The van der Waals surface area contributed by atoms with E-state index in [-0.39, 0.29) is 5.38 Å². The van der Waals surface area contributed by atoms with Crippen LogP contribution < -0.4 is 4.74 Å². The van der Waals surface area contributed by atoms with Crippen LogP contribution >= 0.6 is 11.6 Å². The molecule has 106 valence electrons. The smallest absolute Gasteiger partial charge is 0.124 e. The molecule has 0 aliphatic heterocycles. The molecule has 0 N–H and O–H groups in total. The van der Waals surface area contributed by atoms with E-state index in [9.17, 15) is 0 Å². The molecular formula is C18H21ClO. The Hall–Kier alpha value is -1.47. The van der Waals surface area contributed by atoms with Crippen LogP contribution in [0.1, 0.15) is 40.1 Å². The number of alkyl halides is 1. The van der Waals surface area contributed by atoms with Gasteiger partial charge in [-0.25, -0.2) is 0 Å². The average molecular weight is 289 g/mol. The first-order valence-electron chi connectivity index (χ1n) is 6.95. The van der Waals surface area contributed by atoms with Gasteiger partial charge in [-0.1, -0.05) is 43.3 Å². The first kappa shape index (κ1) is 14.9. The Bertz CT molecular complexity index is 581. The zero-order valence-corrected chi connectivity index (χ0v) is 13.3. The van der Waals surface area contributed by atoms with Gasteiger partial charge in [-0.3, -0.25) is 0 Å². The molecule has 1 nitrogen and oxygen atoms in total. The molecular weight excluding hydrogens is 268 g/mol. The lowest BCUT2D eigenvalue weighted by molar-refractivity contribution is 0.408. The van der Waals surface area contributed by atoms with E-state index in [1.165, 1.54) is 11.1 Å². The Morgan fingerprint density at radius 2 is 1.70 bits per heavy atom. The highest BCUT2D eigenvalue weighted by Crippen LogP contribution is 2.35. The van der Waals surface area contributed by atoms with Crippen LogP contribution in [0.4, 0.5) is 0 Å². The Morgan fingerprint density at radius 1 is 1.10 bits per heavy atom. The molecule has 1 unspecified atom stereocenters. The van der Waals surface area contributed by atoms with E-state index < -0.39 is 0 Å². The van der Waals surface area contributed by atoms with Crippen molar-refractivity contribution in [3.05, 3.63) is 64.2 Å². The topological polar surface area (TPSA) is 9.23 Å². The van der Waals surface area contributed by atoms with Crippen LogP contribution in [0.5, 0.6) is 5.75 Å². The molecule has 0 bridgehead atoms. The first-order valence-corrected chi connectivity index (χ1v) is 7.39. The van der Waals surface area contributed by atoms with Crippen LogP contribution in [-0.4, -0.2) is 7.11 Å². The quantitative estimate of drug-likeness (QED) is 0.702. The van der Waals surface area contributed by atoms with Crippen molar-refractivity contribution in [2.45, 2.75) is 32.6 Å². The summed E-state index contributed by atoms with van der Waals surface area (Å²) >= 11 is 6.71. The van der Waals surface area contributed by atoms with Crippen molar-refractivity contribution in [1.82, 2.24) is 0 Å². The van der Waals surface area contributed by atoms with Crippen molar-refractivity contribution < 1.29 is 4.74 Å². The summed E-state index contributed by atoms with van der Waals surface area (Å²) in [6.45, 7) is 6.28. The standard InChI is InChI=1S/C18H21ClO/c1-5-14-8-6-7-9-16(14)17(19)15-10-12(2)18(20-4)13(3)11-15/h6-11,17H,5H2,1-4H3. The van der Waals surface area contributed by atoms with E-state index in [0.717, 1.165) is 28.9 Å². The van der Waals surface area contributed by atoms with Gasteiger partial charge in [0.2, 0.25) is 0 Å². The van der Waals surface area contributed by atoms with E-state index in [2.05, 4.69) is 51.1 Å². The fourth-order valence-electron chi connectivity index (χ4n) is 2.74. The second kappa shape index (κ2) is 6.32. The number of hydrogen-bond donors (Lipinski definition) is 0. The molecule has 0 aliphatic rings. The molecule has 0 fully saturated rings. The number of ether oxygens (including phenoxy) is 1. The van der Waals surface area contributed by atoms with Crippen molar-refractivity contribution in [2.75, 3.05) is 7.11 Å². The highest BCUT2D eigenvalue weighted by molar-refractivity contribution is 6.22. The molecule has 0 saturated carbocycles. The van der Waals surface area contributed by atoms with Gasteiger partial charge in [-0.05, 0) is 48.1 Å². The zero-order valence-electron chi connectivity index (χ0n) is 12.5. The van der Waals surface area contributed by atoms with Gasteiger partial charge in [-0.15, -0.1) is 11.6 Å². The van der Waals surface area contributed by atoms with Crippen molar-refractivity contribution >= 4 is 11.6 Å². The fraction of sp³-hybridized carbons (Fsp3) is 0.333. The van der Waals surface area contributed by atoms with E-state index in [1.807, 2.05) is 6.07 Å². The molecule has 20 heavy (non-hydrogen) atoms. The number of benzene rings is 2. The normalized spacial score (nSPS) is 12.2. The second-order valence-corrected chi connectivity index (χ2v) is 5.54. The second-order valence-electron chi connectivity index (χ2n) is 5.10. The van der Waals surface area contributed by atoms with Crippen molar-refractivity contribution in [2.24, 2.45) is 0 Å². The van der Waals surface area contributed by atoms with Gasteiger partial charge < -0.3 is 4.74 Å². The summed E-state index contributed by atoms with van der Waals surface area (Å²) < 4.78 is 5.42. The van der Waals surface area contributed by atoms with Crippen LogP contribution in [0.3, 0.4) is 0 Å². The van der Waals surface area contributed by atoms with Crippen LogP contribution in [0.15, 0.2) is 36.4 Å². The van der Waals surface area contributed by atoms with Gasteiger partial charge in [-0.2, -0.15) is 0 Å². The third kappa shape index (κ3) is 2.83. The Labute approximate surface area is 126 Å². The Kier molecular flexibility index (Phi) is 4.72. The molecule has 0 radical (unpaired) electrons. The lowest BCUT2D eigenvalue weighted by Gasteiger charge is -2.17. The summed E-state index contributed by atoms with van der Waals surface area (Å²) in [7, 11) is 1.71. The first-order chi connectivity index (χ1) is 9.58. The maximum Gasteiger partial charge on any atom is 0.124 e. The Morgan fingerprint density at radius 3 is 2.25 bits per heavy atom. The third-order valence-corrected chi connectivity index (χ3v) is 4.18. The predicted octanol–water partition coefficient (Wildman–Crippen LogP) is 5.20. The van der Waals surface area contributed by atoms with Crippen LogP contribution in [0.2, 0.25) is 0 Å². The van der Waals surface area contributed by atoms with E-state index >= 15 is 0 Å². The minimum Gasteiger partial charge on any atom is -0.496 e. The van der Waals surface area contributed by atoms with Crippen LogP contribution in [0, 0.1) is 13.8 Å². The van der Waals surface area contributed by atoms with Crippen molar-refractivity contribution in [3.63, 3.8) is 0 Å². The number of rotatable bonds is 4. The molecule has 0 aromatic heterocycles. The molecule has 0 aliphatic carbocycles. The molecule has 2 rings (SSSR count).